The van der Waals surface area contributed by atoms with Crippen molar-refractivity contribution in [3.63, 3.8) is 0 Å². The lowest BCUT2D eigenvalue weighted by Crippen LogP contribution is -2.35. The van der Waals surface area contributed by atoms with Crippen molar-refractivity contribution in [3.8, 4) is 0 Å². The lowest BCUT2D eigenvalue weighted by Gasteiger charge is -2.07. The third-order valence-electron chi connectivity index (χ3n) is 1.05. The predicted octanol–water partition coefficient (Wildman–Crippen LogP) is 1.75. The molecule has 0 heterocycles. The van der Waals surface area contributed by atoms with Gasteiger partial charge in [0.05, 0.1) is 0 Å². The molecule has 0 aromatic rings. The third-order valence-corrected chi connectivity index (χ3v) is 1.05. The second-order valence-corrected chi connectivity index (χ2v) is 1.90. The van der Waals surface area contributed by atoms with E-state index in [9.17, 15) is 18.0 Å². The Hall–Kier alpha value is -1.26. The van der Waals surface area contributed by atoms with Gasteiger partial charge in [-0.15, -0.1) is 0 Å². The molecular weight excluding hydrogens is 171 g/mol. The highest BCUT2D eigenvalue weighted by molar-refractivity contribution is 5.83. The molecule has 0 bridgehead atoms. The molecule has 0 radical (unpaired) electrons. The summed E-state index contributed by atoms with van der Waals surface area (Å²) in [7, 11) is 0. The highest BCUT2D eigenvalue weighted by Gasteiger charge is 2.38. The fourth-order valence-electron chi connectivity index (χ4n) is 0.443. The largest absolute Gasteiger partial charge is 0.471 e. The molecule has 0 rings (SSSR count). The molecule has 0 saturated heterocycles. The smallest absolute Gasteiger partial charge is 0.319 e. The Bertz CT molecular complexity index is 217. The molecule has 0 atom stereocenters. The molecule has 0 aliphatic rings. The second kappa shape index (κ2) is 3.94. The van der Waals surface area contributed by atoms with Crippen molar-refractivity contribution in [1.82, 2.24) is 5.32 Å². The molecule has 0 aliphatic heterocycles. The number of allylic oxidation sites excluding steroid dienone is 2. The summed E-state index contributed by atoms with van der Waals surface area (Å²) in [4.78, 5) is 10.3. The summed E-state index contributed by atoms with van der Waals surface area (Å²) < 4.78 is 34.8. The minimum Gasteiger partial charge on any atom is -0.319 e. The van der Waals surface area contributed by atoms with Crippen LogP contribution in [0.25, 0.3) is 0 Å². The molecule has 12 heavy (non-hydrogen) atoms. The van der Waals surface area contributed by atoms with Crippen molar-refractivity contribution < 1.29 is 18.0 Å². The van der Waals surface area contributed by atoms with Crippen LogP contribution in [0.3, 0.4) is 0 Å². The van der Waals surface area contributed by atoms with Crippen LogP contribution in [0.4, 0.5) is 13.2 Å². The standard InChI is InChI=1S/C7H8F3NO/c1-3-5(4-2)11-6(12)7(8,9)10/h3-4H,1H2,2H3,(H,11,12)/b5-4+. The maximum atomic E-state index is 11.6. The van der Waals surface area contributed by atoms with Crippen LogP contribution < -0.4 is 5.32 Å². The summed E-state index contributed by atoms with van der Waals surface area (Å²) in [5, 5.41) is 1.64. The molecule has 0 aromatic heterocycles. The van der Waals surface area contributed by atoms with Crippen molar-refractivity contribution in [3.05, 3.63) is 24.4 Å². The summed E-state index contributed by atoms with van der Waals surface area (Å²) in [5.74, 6) is -1.99. The van der Waals surface area contributed by atoms with Gasteiger partial charge in [0, 0.05) is 5.70 Å². The summed E-state index contributed by atoms with van der Waals surface area (Å²) >= 11 is 0. The maximum absolute atomic E-state index is 11.6. The van der Waals surface area contributed by atoms with Crippen LogP contribution in [0.1, 0.15) is 6.92 Å². The normalized spacial score (nSPS) is 12.5. The van der Waals surface area contributed by atoms with Crippen molar-refractivity contribution >= 4 is 5.91 Å². The van der Waals surface area contributed by atoms with Crippen LogP contribution in [-0.2, 0) is 4.79 Å². The molecule has 68 valence electrons. The average molecular weight is 179 g/mol. The van der Waals surface area contributed by atoms with Gasteiger partial charge in [-0.3, -0.25) is 4.79 Å². The Morgan fingerprint density at radius 1 is 1.50 bits per heavy atom. The number of hydrogen-bond acceptors (Lipinski definition) is 1. The van der Waals surface area contributed by atoms with Crippen LogP contribution in [0, 0.1) is 0 Å². The van der Waals surface area contributed by atoms with E-state index in [0.717, 1.165) is 6.08 Å². The van der Waals surface area contributed by atoms with E-state index in [4.69, 9.17) is 0 Å². The number of alkyl halides is 3. The van der Waals surface area contributed by atoms with Gasteiger partial charge >= 0.3 is 12.1 Å². The maximum Gasteiger partial charge on any atom is 0.471 e. The van der Waals surface area contributed by atoms with Crippen LogP contribution in [0.2, 0.25) is 0 Å². The van der Waals surface area contributed by atoms with Gasteiger partial charge < -0.3 is 5.32 Å². The number of carbonyl (C=O) groups is 1. The van der Waals surface area contributed by atoms with Crippen LogP contribution in [-0.4, -0.2) is 12.1 Å². The van der Waals surface area contributed by atoms with E-state index in [1.165, 1.54) is 13.0 Å². The van der Waals surface area contributed by atoms with Gasteiger partial charge in [0.25, 0.3) is 0 Å². The van der Waals surface area contributed by atoms with Crippen molar-refractivity contribution in [1.29, 1.82) is 0 Å². The predicted molar refractivity (Wildman–Crippen MR) is 38.2 cm³/mol. The van der Waals surface area contributed by atoms with Crippen LogP contribution >= 0.6 is 0 Å². The molecule has 5 heteroatoms. The summed E-state index contributed by atoms with van der Waals surface area (Å²) in [6, 6.07) is 0. The second-order valence-electron chi connectivity index (χ2n) is 1.90. The SMILES string of the molecule is C=C/C(=C\C)NC(=O)C(F)(F)F. The van der Waals surface area contributed by atoms with Crippen molar-refractivity contribution in [2.45, 2.75) is 13.1 Å². The van der Waals surface area contributed by atoms with E-state index in [-0.39, 0.29) is 5.70 Å². The Morgan fingerprint density at radius 2 is 2.00 bits per heavy atom. The molecular formula is C7H8F3NO. The number of carbonyl (C=O) groups excluding carboxylic acids is 1. The Kier molecular flexibility index (Phi) is 3.53. The number of halogens is 3. The van der Waals surface area contributed by atoms with E-state index in [1.807, 2.05) is 0 Å². The van der Waals surface area contributed by atoms with Gasteiger partial charge in [0.1, 0.15) is 0 Å². The highest BCUT2D eigenvalue weighted by atomic mass is 19.4. The molecule has 0 aromatic carbocycles. The van der Waals surface area contributed by atoms with Gasteiger partial charge in [-0.1, -0.05) is 12.7 Å². The Labute approximate surface area is 67.8 Å². The van der Waals surface area contributed by atoms with Crippen LogP contribution in [0.15, 0.2) is 24.4 Å². The average Bonchev–Trinajstić information content (AvgIpc) is 1.97. The number of nitrogens with one attached hydrogen (secondary N) is 1. The van der Waals surface area contributed by atoms with Gasteiger partial charge in [0.15, 0.2) is 0 Å². The number of amides is 1. The van der Waals surface area contributed by atoms with Crippen LogP contribution in [0.5, 0.6) is 0 Å². The van der Waals surface area contributed by atoms with E-state index in [1.54, 1.807) is 5.32 Å². The zero-order valence-corrected chi connectivity index (χ0v) is 6.40. The minimum atomic E-state index is -4.85. The van der Waals surface area contributed by atoms with Gasteiger partial charge in [-0.05, 0) is 13.0 Å². The minimum absolute atomic E-state index is 0.0392. The Morgan fingerprint density at radius 3 is 2.25 bits per heavy atom. The molecule has 0 spiro atoms. The van der Waals surface area contributed by atoms with Gasteiger partial charge in [-0.25, -0.2) is 0 Å². The topological polar surface area (TPSA) is 29.1 Å². The number of rotatable bonds is 2. The monoisotopic (exact) mass is 179 g/mol. The molecule has 1 amide bonds. The van der Waals surface area contributed by atoms with E-state index >= 15 is 0 Å². The molecule has 2 nitrogen and oxygen atoms in total. The van der Waals surface area contributed by atoms with E-state index in [0.29, 0.717) is 0 Å². The van der Waals surface area contributed by atoms with E-state index in [2.05, 4.69) is 6.58 Å². The zero-order valence-electron chi connectivity index (χ0n) is 6.40. The first kappa shape index (κ1) is 10.7. The first-order valence-corrected chi connectivity index (χ1v) is 3.08. The zero-order chi connectivity index (χ0) is 9.78. The summed E-state index contributed by atoms with van der Waals surface area (Å²) in [6.07, 6.45) is -2.41. The quantitative estimate of drug-likeness (QED) is 0.643. The van der Waals surface area contributed by atoms with Gasteiger partial charge in [0.2, 0.25) is 0 Å². The molecule has 1 N–H and O–H groups in total. The lowest BCUT2D eigenvalue weighted by atomic mass is 10.4. The Balaban J connectivity index is 4.29. The van der Waals surface area contributed by atoms with Gasteiger partial charge in [-0.2, -0.15) is 13.2 Å². The fraction of sp³-hybridized carbons (Fsp3) is 0.286. The van der Waals surface area contributed by atoms with E-state index < -0.39 is 12.1 Å². The lowest BCUT2D eigenvalue weighted by molar-refractivity contribution is -0.172. The first-order valence-electron chi connectivity index (χ1n) is 3.08. The summed E-state index contributed by atoms with van der Waals surface area (Å²) in [6.45, 7) is 4.71. The summed E-state index contributed by atoms with van der Waals surface area (Å²) in [5.41, 5.74) is 0.0392. The molecule has 0 saturated carbocycles. The fourth-order valence-corrected chi connectivity index (χ4v) is 0.443. The van der Waals surface area contributed by atoms with Crippen molar-refractivity contribution in [2.75, 3.05) is 0 Å². The molecule has 0 unspecified atom stereocenters. The highest BCUT2D eigenvalue weighted by Crippen LogP contribution is 2.14. The third kappa shape index (κ3) is 3.23. The first-order chi connectivity index (χ1) is 5.41. The molecule has 0 aliphatic carbocycles. The molecule has 0 fully saturated rings. The number of hydrogen-bond donors (Lipinski definition) is 1. The van der Waals surface area contributed by atoms with Crippen molar-refractivity contribution in [2.24, 2.45) is 0 Å².